The number of carboxylic acids is 1. The summed E-state index contributed by atoms with van der Waals surface area (Å²) in [6.45, 7) is 3.68. The molecule has 2 aromatic rings. The van der Waals surface area contributed by atoms with E-state index in [1.165, 1.54) is 6.26 Å². The summed E-state index contributed by atoms with van der Waals surface area (Å²) in [6.07, 6.45) is 3.39. The number of carbonyl (C=O) groups excluding carboxylic acids is 1. The maximum Gasteiger partial charge on any atom is 0.311 e. The predicted molar refractivity (Wildman–Crippen MR) is 90.6 cm³/mol. The van der Waals surface area contributed by atoms with Crippen LogP contribution in [0, 0.1) is 6.92 Å². The van der Waals surface area contributed by atoms with Crippen molar-refractivity contribution < 1.29 is 19.1 Å². The van der Waals surface area contributed by atoms with Crippen LogP contribution in [0.15, 0.2) is 34.9 Å². The molecule has 1 fully saturated rings. The maximum absolute atomic E-state index is 12.7. The quantitative estimate of drug-likeness (QED) is 0.881. The van der Waals surface area contributed by atoms with Gasteiger partial charge in [0.05, 0.1) is 23.2 Å². The van der Waals surface area contributed by atoms with Crippen LogP contribution >= 0.6 is 0 Å². The summed E-state index contributed by atoms with van der Waals surface area (Å²) >= 11 is 0. The summed E-state index contributed by atoms with van der Waals surface area (Å²) in [5, 5.41) is 11.9. The van der Waals surface area contributed by atoms with E-state index >= 15 is 0 Å². The highest BCUT2D eigenvalue weighted by atomic mass is 16.4. The van der Waals surface area contributed by atoms with E-state index in [9.17, 15) is 9.59 Å². The zero-order valence-electron chi connectivity index (χ0n) is 13.5. The normalized spacial score (nSPS) is 14.0. The van der Waals surface area contributed by atoms with Gasteiger partial charge in [0.1, 0.15) is 12.2 Å². The average Bonchev–Trinajstić information content (AvgIpc) is 3.17. The number of anilines is 2. The second kappa shape index (κ2) is 6.78. The van der Waals surface area contributed by atoms with Crippen LogP contribution in [0.3, 0.4) is 0 Å². The molecule has 2 heterocycles. The molecule has 0 spiro atoms. The lowest BCUT2D eigenvalue weighted by atomic mass is 10.1. The molecule has 1 aliphatic rings. The molecule has 1 aliphatic heterocycles. The molecule has 2 N–H and O–H groups in total. The average molecular weight is 328 g/mol. The molecule has 1 saturated heterocycles. The smallest absolute Gasteiger partial charge is 0.311 e. The van der Waals surface area contributed by atoms with Crippen LogP contribution in [-0.2, 0) is 11.2 Å². The van der Waals surface area contributed by atoms with Gasteiger partial charge in [-0.05, 0) is 31.9 Å². The fourth-order valence-corrected chi connectivity index (χ4v) is 3.07. The zero-order chi connectivity index (χ0) is 17.1. The van der Waals surface area contributed by atoms with Crippen LogP contribution < -0.4 is 10.2 Å². The minimum absolute atomic E-state index is 0.177. The summed E-state index contributed by atoms with van der Waals surface area (Å²) < 4.78 is 5.24. The van der Waals surface area contributed by atoms with Crippen molar-refractivity contribution in [3.63, 3.8) is 0 Å². The molecular formula is C18H20N2O4. The molecule has 0 radical (unpaired) electrons. The number of aliphatic carboxylic acids is 1. The number of nitrogens with one attached hydrogen (secondary N) is 1. The van der Waals surface area contributed by atoms with Crippen molar-refractivity contribution in [1.82, 2.24) is 0 Å². The Morgan fingerprint density at radius 2 is 1.96 bits per heavy atom. The van der Waals surface area contributed by atoms with Crippen molar-refractivity contribution in [2.75, 3.05) is 23.3 Å². The molecule has 0 atom stereocenters. The lowest BCUT2D eigenvalue weighted by Gasteiger charge is -2.21. The van der Waals surface area contributed by atoms with Crippen molar-refractivity contribution in [3.8, 4) is 0 Å². The van der Waals surface area contributed by atoms with Gasteiger partial charge in [0.15, 0.2) is 0 Å². The zero-order valence-corrected chi connectivity index (χ0v) is 13.5. The van der Waals surface area contributed by atoms with Gasteiger partial charge in [-0.2, -0.15) is 0 Å². The maximum atomic E-state index is 12.7. The number of nitrogens with zero attached hydrogens (tertiary/aromatic N) is 1. The molecule has 24 heavy (non-hydrogen) atoms. The first-order valence-electron chi connectivity index (χ1n) is 8.00. The molecule has 1 aromatic heterocycles. The molecular weight excluding hydrogens is 308 g/mol. The van der Waals surface area contributed by atoms with Crippen LogP contribution in [0.1, 0.15) is 34.5 Å². The Balaban J connectivity index is 1.86. The Morgan fingerprint density at radius 3 is 2.67 bits per heavy atom. The molecule has 1 aromatic carbocycles. The van der Waals surface area contributed by atoms with Gasteiger partial charge in [-0.25, -0.2) is 0 Å². The Hall–Kier alpha value is -2.76. The Kier molecular flexibility index (Phi) is 4.55. The van der Waals surface area contributed by atoms with Crippen molar-refractivity contribution in [2.45, 2.75) is 26.2 Å². The predicted octanol–water partition coefficient (Wildman–Crippen LogP) is 3.07. The van der Waals surface area contributed by atoms with Gasteiger partial charge in [0, 0.05) is 18.7 Å². The van der Waals surface area contributed by atoms with Gasteiger partial charge < -0.3 is 19.7 Å². The lowest BCUT2D eigenvalue weighted by Crippen LogP contribution is -2.21. The number of hydrogen-bond donors (Lipinski definition) is 2. The molecule has 6 nitrogen and oxygen atoms in total. The van der Waals surface area contributed by atoms with Crippen LogP contribution in [0.5, 0.6) is 0 Å². The summed E-state index contributed by atoms with van der Waals surface area (Å²) in [4.78, 5) is 25.9. The van der Waals surface area contributed by atoms with E-state index in [-0.39, 0.29) is 18.1 Å². The van der Waals surface area contributed by atoms with Crippen molar-refractivity contribution in [1.29, 1.82) is 0 Å². The van der Waals surface area contributed by atoms with Crippen LogP contribution in [0.25, 0.3) is 0 Å². The molecule has 0 saturated carbocycles. The van der Waals surface area contributed by atoms with E-state index in [1.54, 1.807) is 6.92 Å². The van der Waals surface area contributed by atoms with E-state index in [0.717, 1.165) is 37.3 Å². The van der Waals surface area contributed by atoms with Gasteiger partial charge >= 0.3 is 5.97 Å². The Labute approximate surface area is 140 Å². The molecule has 6 heteroatoms. The first-order chi connectivity index (χ1) is 11.6. The van der Waals surface area contributed by atoms with Crippen molar-refractivity contribution in [2.24, 2.45) is 0 Å². The van der Waals surface area contributed by atoms with E-state index in [2.05, 4.69) is 10.2 Å². The number of aryl methyl sites for hydroxylation is 1. The standard InChI is InChI=1S/C18H20N2O4/c1-12-11-24-15(10-16(21)22)17(12)18(23)19-13-6-2-3-7-14(13)20-8-4-5-9-20/h2-3,6-7,11H,4-5,8-10H2,1H3,(H,19,23)(H,21,22). The summed E-state index contributed by atoms with van der Waals surface area (Å²) in [5.74, 6) is -1.20. The summed E-state index contributed by atoms with van der Waals surface area (Å²) in [5.41, 5.74) is 2.64. The highest BCUT2D eigenvalue weighted by Crippen LogP contribution is 2.29. The number of amides is 1. The topological polar surface area (TPSA) is 82.8 Å². The van der Waals surface area contributed by atoms with Gasteiger partial charge in [0.2, 0.25) is 0 Å². The van der Waals surface area contributed by atoms with E-state index < -0.39 is 5.97 Å². The van der Waals surface area contributed by atoms with E-state index in [1.807, 2.05) is 24.3 Å². The van der Waals surface area contributed by atoms with Crippen LogP contribution in [-0.4, -0.2) is 30.1 Å². The number of carbonyl (C=O) groups is 2. The minimum Gasteiger partial charge on any atom is -0.481 e. The Morgan fingerprint density at radius 1 is 1.25 bits per heavy atom. The van der Waals surface area contributed by atoms with Gasteiger partial charge in [-0.1, -0.05) is 12.1 Å². The van der Waals surface area contributed by atoms with Crippen molar-refractivity contribution >= 4 is 23.3 Å². The monoisotopic (exact) mass is 328 g/mol. The summed E-state index contributed by atoms with van der Waals surface area (Å²) in [7, 11) is 0. The third-order valence-electron chi connectivity index (χ3n) is 4.19. The SMILES string of the molecule is Cc1coc(CC(=O)O)c1C(=O)Nc1ccccc1N1CCCC1. The number of carboxylic acid groups (broad SMARTS) is 1. The number of furan rings is 1. The first-order valence-corrected chi connectivity index (χ1v) is 8.00. The van der Waals surface area contributed by atoms with Gasteiger partial charge in [0.25, 0.3) is 5.91 Å². The lowest BCUT2D eigenvalue weighted by molar-refractivity contribution is -0.136. The third kappa shape index (κ3) is 3.27. The molecule has 126 valence electrons. The largest absolute Gasteiger partial charge is 0.481 e. The van der Waals surface area contributed by atoms with Gasteiger partial charge in [-0.3, -0.25) is 9.59 Å². The van der Waals surface area contributed by atoms with Crippen LogP contribution in [0.2, 0.25) is 0 Å². The number of para-hydroxylation sites is 2. The number of rotatable bonds is 5. The molecule has 0 bridgehead atoms. The van der Waals surface area contributed by atoms with Crippen molar-refractivity contribution in [3.05, 3.63) is 47.4 Å². The second-order valence-corrected chi connectivity index (χ2v) is 5.95. The van der Waals surface area contributed by atoms with E-state index in [0.29, 0.717) is 11.1 Å². The van der Waals surface area contributed by atoms with E-state index in [4.69, 9.17) is 9.52 Å². The fourth-order valence-electron chi connectivity index (χ4n) is 3.07. The number of hydrogen-bond acceptors (Lipinski definition) is 4. The second-order valence-electron chi connectivity index (χ2n) is 5.95. The molecule has 0 unspecified atom stereocenters. The molecule has 1 amide bonds. The highest BCUT2D eigenvalue weighted by Gasteiger charge is 2.22. The first kappa shape index (κ1) is 16.1. The third-order valence-corrected chi connectivity index (χ3v) is 4.19. The molecule has 3 rings (SSSR count). The minimum atomic E-state index is -1.03. The Bertz CT molecular complexity index is 760. The van der Waals surface area contributed by atoms with Gasteiger partial charge in [-0.15, -0.1) is 0 Å². The van der Waals surface area contributed by atoms with Crippen LogP contribution in [0.4, 0.5) is 11.4 Å². The molecule has 0 aliphatic carbocycles. The summed E-state index contributed by atoms with van der Waals surface area (Å²) in [6, 6.07) is 7.66. The number of benzene rings is 1. The highest BCUT2D eigenvalue weighted by molar-refractivity contribution is 6.07. The fraction of sp³-hybridized carbons (Fsp3) is 0.333.